The summed E-state index contributed by atoms with van der Waals surface area (Å²) < 4.78 is 11.0. The van der Waals surface area contributed by atoms with Gasteiger partial charge in [-0.3, -0.25) is 9.69 Å². The van der Waals surface area contributed by atoms with E-state index >= 15 is 0 Å². The van der Waals surface area contributed by atoms with Crippen LogP contribution in [-0.2, 0) is 0 Å². The van der Waals surface area contributed by atoms with Crippen molar-refractivity contribution in [2.75, 3.05) is 51.3 Å². The number of fused-ring (bicyclic) bond motifs is 2. The quantitative estimate of drug-likeness (QED) is 0.333. The first kappa shape index (κ1) is 26.7. The number of hydrogen-bond acceptors (Lipinski definition) is 6. The highest BCUT2D eigenvalue weighted by Gasteiger charge is 2.19. The molecule has 2 aromatic heterocycles. The van der Waals surface area contributed by atoms with Gasteiger partial charge >= 0.3 is 0 Å². The van der Waals surface area contributed by atoms with E-state index in [0.717, 1.165) is 67.9 Å². The molecule has 2 aromatic carbocycles. The van der Waals surface area contributed by atoms with Crippen molar-refractivity contribution in [3.8, 4) is 5.75 Å². The predicted octanol–water partition coefficient (Wildman–Crippen LogP) is 4.49. The lowest BCUT2D eigenvalue weighted by Gasteiger charge is -2.34. The molecule has 0 bridgehead atoms. The molecule has 35 heavy (non-hydrogen) atoms. The number of aromatic nitrogens is 2. The van der Waals surface area contributed by atoms with E-state index in [1.807, 2.05) is 36.4 Å². The fourth-order valence-corrected chi connectivity index (χ4v) is 4.33. The average Bonchev–Trinajstić information content (AvgIpc) is 3.48. The Morgan fingerprint density at radius 3 is 2.66 bits per heavy atom. The fraction of sp³-hybridized carbons (Fsp3) is 0.360. The molecule has 0 aliphatic carbocycles. The summed E-state index contributed by atoms with van der Waals surface area (Å²) in [6.07, 6.45) is 1.97. The van der Waals surface area contributed by atoms with Crippen LogP contribution in [0.1, 0.15) is 23.4 Å². The Balaban J connectivity index is 0.00000171. The molecule has 0 unspecified atom stereocenters. The van der Waals surface area contributed by atoms with Crippen LogP contribution in [0.25, 0.3) is 22.0 Å². The highest BCUT2D eigenvalue weighted by molar-refractivity contribution is 5.97. The normalized spacial score (nSPS) is 13.9. The topological polar surface area (TPSA) is 86.6 Å². The van der Waals surface area contributed by atoms with Crippen molar-refractivity contribution in [1.82, 2.24) is 20.2 Å². The number of carbonyl (C=O) groups is 1. The van der Waals surface area contributed by atoms with E-state index in [1.54, 1.807) is 13.2 Å². The van der Waals surface area contributed by atoms with E-state index in [-0.39, 0.29) is 30.7 Å². The molecule has 0 atom stereocenters. The predicted molar refractivity (Wildman–Crippen MR) is 144 cm³/mol. The number of halogens is 2. The molecule has 4 aromatic rings. The number of anilines is 1. The van der Waals surface area contributed by atoms with Gasteiger partial charge in [0.25, 0.3) is 5.91 Å². The van der Waals surface area contributed by atoms with Crippen molar-refractivity contribution in [2.45, 2.75) is 12.8 Å². The van der Waals surface area contributed by atoms with Crippen LogP contribution < -0.4 is 15.0 Å². The Labute approximate surface area is 216 Å². The summed E-state index contributed by atoms with van der Waals surface area (Å²) in [4.78, 5) is 25.4. The summed E-state index contributed by atoms with van der Waals surface area (Å²) in [5.41, 5.74) is 2.70. The number of methoxy groups -OCH3 is 1. The number of amides is 1. The highest BCUT2D eigenvalue weighted by atomic mass is 35.5. The minimum atomic E-state index is -0.187. The van der Waals surface area contributed by atoms with Crippen molar-refractivity contribution < 1.29 is 13.9 Å². The number of carbonyl (C=O) groups excluding carboxylic acids is 1. The Morgan fingerprint density at radius 2 is 1.89 bits per heavy atom. The molecule has 1 amide bonds. The van der Waals surface area contributed by atoms with Crippen LogP contribution in [0.15, 0.2) is 52.9 Å². The zero-order valence-corrected chi connectivity index (χ0v) is 21.3. The second-order valence-electron chi connectivity index (χ2n) is 8.36. The number of aromatic amines is 1. The van der Waals surface area contributed by atoms with Crippen molar-refractivity contribution in [2.24, 2.45) is 0 Å². The van der Waals surface area contributed by atoms with E-state index in [0.29, 0.717) is 23.6 Å². The Kier molecular flexibility index (Phi) is 9.26. The van der Waals surface area contributed by atoms with E-state index in [2.05, 4.69) is 26.2 Å². The van der Waals surface area contributed by atoms with E-state index in [1.165, 1.54) is 0 Å². The number of benzene rings is 2. The van der Waals surface area contributed by atoms with Crippen LogP contribution in [0, 0.1) is 0 Å². The maximum atomic E-state index is 12.4. The Hall–Kier alpha value is -2.94. The molecule has 1 aliphatic rings. The number of piperazine rings is 1. The van der Waals surface area contributed by atoms with Crippen LogP contribution in [0.3, 0.4) is 0 Å². The number of nitrogens with one attached hydrogen (secondary N) is 2. The van der Waals surface area contributed by atoms with Gasteiger partial charge in [-0.1, -0.05) is 24.3 Å². The number of hydrogen-bond donors (Lipinski definition) is 2. The number of imidazole rings is 1. The van der Waals surface area contributed by atoms with Crippen molar-refractivity contribution in [1.29, 1.82) is 0 Å². The smallest absolute Gasteiger partial charge is 0.287 e. The Morgan fingerprint density at radius 1 is 1.09 bits per heavy atom. The molecular weight excluding hydrogens is 489 g/mol. The number of furan rings is 1. The van der Waals surface area contributed by atoms with Gasteiger partial charge in [-0.25, -0.2) is 4.98 Å². The summed E-state index contributed by atoms with van der Waals surface area (Å²) in [6.45, 7) is 5.63. The minimum Gasteiger partial charge on any atom is -0.493 e. The third kappa shape index (κ3) is 6.01. The summed E-state index contributed by atoms with van der Waals surface area (Å²) in [5.74, 6) is 1.72. The number of ether oxygens (including phenoxy) is 1. The lowest BCUT2D eigenvalue weighted by molar-refractivity contribution is 0.0927. The van der Waals surface area contributed by atoms with Gasteiger partial charge in [0, 0.05) is 38.1 Å². The first-order valence-corrected chi connectivity index (χ1v) is 11.5. The maximum Gasteiger partial charge on any atom is 0.287 e. The molecule has 0 radical (unpaired) electrons. The first-order valence-electron chi connectivity index (χ1n) is 11.5. The molecule has 1 aliphatic heterocycles. The zero-order valence-electron chi connectivity index (χ0n) is 19.7. The molecule has 5 rings (SSSR count). The van der Waals surface area contributed by atoms with Crippen LogP contribution in [0.5, 0.6) is 5.75 Å². The van der Waals surface area contributed by atoms with Crippen molar-refractivity contribution in [3.63, 3.8) is 0 Å². The lowest BCUT2D eigenvalue weighted by atomic mass is 10.2. The molecule has 2 N–H and O–H groups in total. The number of unbranched alkanes of at least 4 members (excludes halogenated alkanes) is 1. The van der Waals surface area contributed by atoms with Crippen LogP contribution in [-0.4, -0.2) is 67.2 Å². The average molecular weight is 520 g/mol. The third-order valence-corrected chi connectivity index (χ3v) is 6.19. The van der Waals surface area contributed by atoms with E-state index in [9.17, 15) is 4.79 Å². The van der Waals surface area contributed by atoms with Crippen molar-refractivity contribution >= 4 is 58.7 Å². The van der Waals surface area contributed by atoms with Gasteiger partial charge in [0.1, 0.15) is 0 Å². The number of para-hydroxylation sites is 3. The van der Waals surface area contributed by atoms with Gasteiger partial charge in [0.15, 0.2) is 17.1 Å². The number of H-pyrrole nitrogens is 1. The van der Waals surface area contributed by atoms with Crippen LogP contribution in [0.2, 0.25) is 0 Å². The molecule has 1 saturated heterocycles. The molecular formula is C25H31Cl2N5O3. The Bertz CT molecular complexity index is 1220. The van der Waals surface area contributed by atoms with E-state index in [4.69, 9.17) is 14.1 Å². The lowest BCUT2D eigenvalue weighted by Crippen LogP contribution is -2.47. The summed E-state index contributed by atoms with van der Waals surface area (Å²) in [7, 11) is 1.59. The summed E-state index contributed by atoms with van der Waals surface area (Å²) >= 11 is 0. The number of rotatable bonds is 8. The molecule has 188 valence electrons. The summed E-state index contributed by atoms with van der Waals surface area (Å²) in [6, 6.07) is 15.5. The molecule has 3 heterocycles. The van der Waals surface area contributed by atoms with Crippen LogP contribution in [0.4, 0.5) is 5.95 Å². The zero-order chi connectivity index (χ0) is 22.6. The summed E-state index contributed by atoms with van der Waals surface area (Å²) in [5, 5.41) is 3.83. The molecule has 1 fully saturated rings. The van der Waals surface area contributed by atoms with Gasteiger partial charge in [-0.2, -0.15) is 0 Å². The molecule has 0 saturated carbocycles. The van der Waals surface area contributed by atoms with Crippen LogP contribution >= 0.6 is 24.8 Å². The second kappa shape index (κ2) is 12.2. The SMILES string of the molecule is COc1cccc2cc(C(=O)NCCCCN3CCN(c4nc5ccccc5[nH]4)CC3)oc12.Cl.Cl. The van der Waals surface area contributed by atoms with E-state index < -0.39 is 0 Å². The largest absolute Gasteiger partial charge is 0.493 e. The highest BCUT2D eigenvalue weighted by Crippen LogP contribution is 2.28. The maximum absolute atomic E-state index is 12.4. The molecule has 8 nitrogen and oxygen atoms in total. The monoisotopic (exact) mass is 519 g/mol. The van der Waals surface area contributed by atoms with Gasteiger partial charge in [0.2, 0.25) is 5.95 Å². The third-order valence-electron chi connectivity index (χ3n) is 6.19. The minimum absolute atomic E-state index is 0. The number of nitrogens with zero attached hydrogens (tertiary/aromatic N) is 3. The van der Waals surface area contributed by atoms with Gasteiger partial charge < -0.3 is 24.4 Å². The molecule has 10 heteroatoms. The first-order chi connectivity index (χ1) is 16.2. The van der Waals surface area contributed by atoms with Gasteiger partial charge in [-0.15, -0.1) is 24.8 Å². The fourth-order valence-electron chi connectivity index (χ4n) is 4.33. The van der Waals surface area contributed by atoms with Crippen molar-refractivity contribution in [3.05, 3.63) is 54.3 Å². The van der Waals surface area contributed by atoms with Gasteiger partial charge in [0.05, 0.1) is 18.1 Å². The standard InChI is InChI=1S/C25H29N5O3.2ClH/c1-32-21-10-6-7-18-17-22(33-23(18)21)24(31)26-11-4-5-12-29-13-15-30(16-14-29)25-27-19-8-2-3-9-20(19)28-25;;/h2-3,6-10,17H,4-5,11-16H2,1H3,(H,26,31)(H,27,28);2*1H. The second-order valence-corrected chi connectivity index (χ2v) is 8.36. The molecule has 0 spiro atoms. The van der Waals surface area contributed by atoms with Gasteiger partial charge in [-0.05, 0) is 43.7 Å².